The minimum Gasteiger partial charge on any atom is -0.396 e. The van der Waals surface area contributed by atoms with E-state index in [1.807, 2.05) is 0 Å². The highest BCUT2D eigenvalue weighted by molar-refractivity contribution is 5.76. The number of nitrogen functional groups attached to an aromatic ring is 1. The van der Waals surface area contributed by atoms with Crippen LogP contribution in [0.4, 0.5) is 5.69 Å². The molecule has 0 saturated heterocycles. The average Bonchev–Trinajstić information content (AvgIpc) is 2.82. The molecule has 1 aromatic rings. The third-order valence-corrected chi connectivity index (χ3v) is 3.96. The maximum Gasteiger partial charge on any atom is 0.241 e. The van der Waals surface area contributed by atoms with E-state index in [4.69, 9.17) is 5.73 Å². The van der Waals surface area contributed by atoms with E-state index < -0.39 is 0 Å². The van der Waals surface area contributed by atoms with Crippen LogP contribution >= 0.6 is 0 Å². The molecule has 1 aliphatic rings. The van der Waals surface area contributed by atoms with E-state index in [0.29, 0.717) is 17.6 Å². The van der Waals surface area contributed by atoms with E-state index in [1.165, 1.54) is 32.1 Å². The third kappa shape index (κ3) is 3.98. The zero-order valence-electron chi connectivity index (χ0n) is 11.6. The van der Waals surface area contributed by atoms with Gasteiger partial charge in [0.2, 0.25) is 5.91 Å². The number of anilines is 1. The molecule has 1 saturated carbocycles. The molecule has 0 bridgehead atoms. The fourth-order valence-electron chi connectivity index (χ4n) is 2.96. The summed E-state index contributed by atoms with van der Waals surface area (Å²) >= 11 is 0. The van der Waals surface area contributed by atoms with Crippen LogP contribution in [-0.4, -0.2) is 21.7 Å². The maximum absolute atomic E-state index is 12.0. The van der Waals surface area contributed by atoms with Crippen molar-refractivity contribution in [2.45, 2.75) is 58.0 Å². The van der Waals surface area contributed by atoms with Gasteiger partial charge >= 0.3 is 0 Å². The molecule has 1 fully saturated rings. The molecule has 0 aromatic carbocycles. The second-order valence-corrected chi connectivity index (χ2v) is 5.45. The first-order valence-electron chi connectivity index (χ1n) is 7.26. The van der Waals surface area contributed by atoms with Crippen LogP contribution in [0, 0.1) is 5.92 Å². The van der Waals surface area contributed by atoms with Crippen LogP contribution < -0.4 is 11.1 Å². The van der Waals surface area contributed by atoms with Crippen molar-refractivity contribution in [3.8, 4) is 0 Å². The smallest absolute Gasteiger partial charge is 0.241 e. The Morgan fingerprint density at radius 1 is 1.53 bits per heavy atom. The van der Waals surface area contributed by atoms with E-state index >= 15 is 0 Å². The van der Waals surface area contributed by atoms with Crippen molar-refractivity contribution >= 4 is 11.6 Å². The van der Waals surface area contributed by atoms with Crippen LogP contribution in [0.3, 0.4) is 0 Å². The van der Waals surface area contributed by atoms with E-state index in [9.17, 15) is 4.79 Å². The summed E-state index contributed by atoms with van der Waals surface area (Å²) in [6, 6.07) is 0.306. The summed E-state index contributed by atoms with van der Waals surface area (Å²) in [4.78, 5) is 12.0. The standard InChI is InChI=1S/C14H24N4O/c1-2-13(11-6-4-3-5-7-11)17-14(19)10-18-9-12(15)8-16-18/h8-9,11,13H,2-7,10,15H2,1H3,(H,17,19). The van der Waals surface area contributed by atoms with Gasteiger partial charge in [0.25, 0.3) is 0 Å². The van der Waals surface area contributed by atoms with Crippen molar-refractivity contribution in [3.63, 3.8) is 0 Å². The Bertz CT molecular complexity index is 409. The number of aromatic nitrogens is 2. The summed E-state index contributed by atoms with van der Waals surface area (Å²) in [5, 5.41) is 7.19. The van der Waals surface area contributed by atoms with Gasteiger partial charge in [-0.1, -0.05) is 26.2 Å². The molecule has 1 amide bonds. The second kappa shape index (κ2) is 6.59. The Balaban J connectivity index is 1.85. The predicted molar refractivity (Wildman–Crippen MR) is 75.4 cm³/mol. The molecule has 1 heterocycles. The van der Waals surface area contributed by atoms with Crippen molar-refractivity contribution in [3.05, 3.63) is 12.4 Å². The number of amides is 1. The van der Waals surface area contributed by atoms with Gasteiger partial charge in [0, 0.05) is 12.2 Å². The van der Waals surface area contributed by atoms with Gasteiger partial charge in [-0.05, 0) is 25.2 Å². The molecular weight excluding hydrogens is 240 g/mol. The third-order valence-electron chi connectivity index (χ3n) is 3.96. The lowest BCUT2D eigenvalue weighted by atomic mass is 9.83. The molecule has 1 unspecified atom stereocenters. The van der Waals surface area contributed by atoms with Crippen molar-refractivity contribution < 1.29 is 4.79 Å². The monoisotopic (exact) mass is 264 g/mol. The van der Waals surface area contributed by atoms with Gasteiger partial charge in [0.05, 0.1) is 11.9 Å². The Morgan fingerprint density at radius 3 is 2.84 bits per heavy atom. The number of carbonyl (C=O) groups excluding carboxylic acids is 1. The highest BCUT2D eigenvalue weighted by Crippen LogP contribution is 2.27. The lowest BCUT2D eigenvalue weighted by molar-refractivity contribution is -0.123. The molecular formula is C14H24N4O. The Labute approximate surface area is 114 Å². The average molecular weight is 264 g/mol. The first-order valence-corrected chi connectivity index (χ1v) is 7.26. The molecule has 0 radical (unpaired) electrons. The summed E-state index contributed by atoms with van der Waals surface area (Å²) in [6.07, 6.45) is 10.7. The highest BCUT2D eigenvalue weighted by atomic mass is 16.2. The second-order valence-electron chi connectivity index (χ2n) is 5.45. The SMILES string of the molecule is CCC(NC(=O)Cn1cc(N)cn1)C1CCCCC1. The first-order chi connectivity index (χ1) is 9.19. The van der Waals surface area contributed by atoms with Crippen LogP contribution in [0.25, 0.3) is 0 Å². The lowest BCUT2D eigenvalue weighted by Crippen LogP contribution is -2.42. The molecule has 1 aromatic heterocycles. The largest absolute Gasteiger partial charge is 0.396 e. The summed E-state index contributed by atoms with van der Waals surface area (Å²) in [5.41, 5.74) is 6.17. The normalized spacial score (nSPS) is 18.2. The first kappa shape index (κ1) is 13.9. The molecule has 19 heavy (non-hydrogen) atoms. The molecule has 1 aliphatic carbocycles. The molecule has 3 N–H and O–H groups in total. The number of rotatable bonds is 5. The van der Waals surface area contributed by atoms with E-state index in [2.05, 4.69) is 17.3 Å². The highest BCUT2D eigenvalue weighted by Gasteiger charge is 2.23. The number of nitrogens with zero attached hydrogens (tertiary/aromatic N) is 2. The number of nitrogens with one attached hydrogen (secondary N) is 1. The van der Waals surface area contributed by atoms with Gasteiger partial charge in [0.1, 0.15) is 6.54 Å². The van der Waals surface area contributed by atoms with Gasteiger partial charge in [-0.3, -0.25) is 9.48 Å². The van der Waals surface area contributed by atoms with E-state index in [0.717, 1.165) is 6.42 Å². The van der Waals surface area contributed by atoms with Crippen LogP contribution in [-0.2, 0) is 11.3 Å². The Hall–Kier alpha value is -1.52. The van der Waals surface area contributed by atoms with Gasteiger partial charge in [0.15, 0.2) is 0 Å². The maximum atomic E-state index is 12.0. The fraction of sp³-hybridized carbons (Fsp3) is 0.714. The number of nitrogens with two attached hydrogens (primary N) is 1. The van der Waals surface area contributed by atoms with Gasteiger partial charge in [-0.2, -0.15) is 5.10 Å². The van der Waals surface area contributed by atoms with Crippen molar-refractivity contribution in [2.75, 3.05) is 5.73 Å². The van der Waals surface area contributed by atoms with Crippen molar-refractivity contribution in [1.82, 2.24) is 15.1 Å². The van der Waals surface area contributed by atoms with Crippen LogP contribution in [0.2, 0.25) is 0 Å². The molecule has 0 spiro atoms. The van der Waals surface area contributed by atoms with Crippen molar-refractivity contribution in [2.24, 2.45) is 5.92 Å². The van der Waals surface area contributed by atoms with Crippen LogP contribution in [0.5, 0.6) is 0 Å². The number of hydrogen-bond donors (Lipinski definition) is 2. The molecule has 1 atom stereocenters. The quantitative estimate of drug-likeness (QED) is 0.853. The molecule has 5 heteroatoms. The molecule has 2 rings (SSSR count). The van der Waals surface area contributed by atoms with Crippen molar-refractivity contribution in [1.29, 1.82) is 0 Å². The topological polar surface area (TPSA) is 72.9 Å². The van der Waals surface area contributed by atoms with Gasteiger partial charge in [-0.15, -0.1) is 0 Å². The zero-order chi connectivity index (χ0) is 13.7. The summed E-state index contributed by atoms with van der Waals surface area (Å²) in [5.74, 6) is 0.672. The van der Waals surface area contributed by atoms with E-state index in [-0.39, 0.29) is 12.5 Å². The minimum absolute atomic E-state index is 0.0283. The van der Waals surface area contributed by atoms with Crippen LogP contribution in [0.1, 0.15) is 45.4 Å². The molecule has 106 valence electrons. The Morgan fingerprint density at radius 2 is 2.26 bits per heavy atom. The van der Waals surface area contributed by atoms with Crippen LogP contribution in [0.15, 0.2) is 12.4 Å². The minimum atomic E-state index is 0.0283. The predicted octanol–water partition coefficient (Wildman–Crippen LogP) is 1.94. The lowest BCUT2D eigenvalue weighted by Gasteiger charge is -2.30. The summed E-state index contributed by atoms with van der Waals surface area (Å²) in [7, 11) is 0. The molecule has 0 aliphatic heterocycles. The van der Waals surface area contributed by atoms with Gasteiger partial charge < -0.3 is 11.1 Å². The van der Waals surface area contributed by atoms with E-state index in [1.54, 1.807) is 17.1 Å². The fourth-order valence-corrected chi connectivity index (χ4v) is 2.96. The summed E-state index contributed by atoms with van der Waals surface area (Å²) in [6.45, 7) is 2.39. The van der Waals surface area contributed by atoms with Gasteiger partial charge in [-0.25, -0.2) is 0 Å². The zero-order valence-corrected chi connectivity index (χ0v) is 11.6. The molecule has 5 nitrogen and oxygen atoms in total. The number of hydrogen-bond acceptors (Lipinski definition) is 3. The summed E-state index contributed by atoms with van der Waals surface area (Å²) < 4.78 is 1.58. The number of carbonyl (C=O) groups is 1. The Kier molecular flexibility index (Phi) is 4.82.